The van der Waals surface area contributed by atoms with Gasteiger partial charge in [0, 0.05) is 25.2 Å². The highest BCUT2D eigenvalue weighted by molar-refractivity contribution is 5.83. The van der Waals surface area contributed by atoms with Crippen LogP contribution < -0.4 is 5.32 Å². The maximum Gasteiger partial charge on any atom is 0.244 e. The quantitative estimate of drug-likeness (QED) is 0.916. The Balaban J connectivity index is 1.82. The van der Waals surface area contributed by atoms with Gasteiger partial charge in [0.1, 0.15) is 6.04 Å². The number of benzene rings is 1. The number of nitrogens with zero attached hydrogens (tertiary/aromatic N) is 2. The molecule has 1 aromatic rings. The summed E-state index contributed by atoms with van der Waals surface area (Å²) >= 11 is 0. The van der Waals surface area contributed by atoms with Crippen LogP contribution in [0.1, 0.15) is 30.0 Å². The lowest BCUT2D eigenvalue weighted by atomic mass is 10.0. The van der Waals surface area contributed by atoms with Crippen molar-refractivity contribution in [1.29, 1.82) is 0 Å². The molecule has 0 saturated carbocycles. The molecule has 2 bridgehead atoms. The van der Waals surface area contributed by atoms with Gasteiger partial charge in [-0.2, -0.15) is 0 Å². The Bertz CT molecular complexity index is 517. The first-order chi connectivity index (χ1) is 10.0. The van der Waals surface area contributed by atoms with E-state index in [2.05, 4.69) is 35.3 Å². The van der Waals surface area contributed by atoms with Gasteiger partial charge in [0.15, 0.2) is 0 Å². The van der Waals surface area contributed by atoms with Gasteiger partial charge in [-0.25, -0.2) is 0 Å². The smallest absolute Gasteiger partial charge is 0.244 e. The minimum atomic E-state index is -0.178. The summed E-state index contributed by atoms with van der Waals surface area (Å²) in [6.45, 7) is 3.78. The zero-order valence-corrected chi connectivity index (χ0v) is 13.2. The summed E-state index contributed by atoms with van der Waals surface area (Å²) in [5, 5.41) is 3.58. The van der Waals surface area contributed by atoms with E-state index in [0.717, 1.165) is 18.7 Å². The molecule has 1 aromatic carbocycles. The maximum absolute atomic E-state index is 13.0. The maximum atomic E-state index is 13.0. The van der Waals surface area contributed by atoms with Gasteiger partial charge in [-0.05, 0) is 39.4 Å². The molecule has 0 aliphatic carbocycles. The molecule has 2 heterocycles. The molecule has 1 N–H and O–H groups in total. The third kappa shape index (κ3) is 2.97. The van der Waals surface area contributed by atoms with Gasteiger partial charge in [-0.15, -0.1) is 0 Å². The Kier molecular flexibility index (Phi) is 4.00. The number of hydrogen-bond donors (Lipinski definition) is 1. The van der Waals surface area contributed by atoms with Crippen molar-refractivity contribution >= 4 is 5.91 Å². The van der Waals surface area contributed by atoms with Gasteiger partial charge < -0.3 is 10.2 Å². The normalized spacial score (nSPS) is 26.2. The van der Waals surface area contributed by atoms with E-state index < -0.39 is 0 Å². The monoisotopic (exact) mass is 287 g/mol. The van der Waals surface area contributed by atoms with Crippen molar-refractivity contribution < 1.29 is 4.79 Å². The highest BCUT2D eigenvalue weighted by atomic mass is 16.2. The third-order valence-electron chi connectivity index (χ3n) is 4.64. The lowest BCUT2D eigenvalue weighted by Gasteiger charge is -2.37. The number of carbonyl (C=O) groups excluding carboxylic acids is 1. The van der Waals surface area contributed by atoms with Crippen LogP contribution in [0.25, 0.3) is 0 Å². The fraction of sp³-hybridized carbons (Fsp3) is 0.588. The van der Waals surface area contributed by atoms with Crippen molar-refractivity contribution in [2.45, 2.75) is 37.9 Å². The predicted octanol–water partition coefficient (Wildman–Crippen LogP) is 1.56. The van der Waals surface area contributed by atoms with Crippen molar-refractivity contribution in [3.63, 3.8) is 0 Å². The van der Waals surface area contributed by atoms with Crippen LogP contribution in [0.5, 0.6) is 0 Å². The number of piperazine rings is 1. The van der Waals surface area contributed by atoms with Gasteiger partial charge in [-0.1, -0.05) is 29.8 Å². The Morgan fingerprint density at radius 2 is 1.95 bits per heavy atom. The van der Waals surface area contributed by atoms with Crippen LogP contribution in [0.2, 0.25) is 0 Å². The van der Waals surface area contributed by atoms with Crippen molar-refractivity contribution in [3.8, 4) is 0 Å². The molecule has 114 valence electrons. The van der Waals surface area contributed by atoms with Crippen molar-refractivity contribution in [2.75, 3.05) is 27.2 Å². The molecule has 2 aliphatic heterocycles. The van der Waals surface area contributed by atoms with Gasteiger partial charge in [0.05, 0.1) is 0 Å². The number of carbonyl (C=O) groups is 1. The highest BCUT2D eigenvalue weighted by Crippen LogP contribution is 2.26. The molecule has 1 amide bonds. The van der Waals surface area contributed by atoms with Crippen LogP contribution in [-0.2, 0) is 4.79 Å². The molecule has 2 fully saturated rings. The van der Waals surface area contributed by atoms with Crippen LogP contribution in [0.3, 0.4) is 0 Å². The van der Waals surface area contributed by atoms with Crippen LogP contribution in [0.15, 0.2) is 24.3 Å². The summed E-state index contributed by atoms with van der Waals surface area (Å²) in [7, 11) is 3.98. The zero-order chi connectivity index (χ0) is 15.0. The Morgan fingerprint density at radius 1 is 1.29 bits per heavy atom. The van der Waals surface area contributed by atoms with Crippen molar-refractivity contribution in [1.82, 2.24) is 15.1 Å². The Labute approximate surface area is 127 Å². The fourth-order valence-corrected chi connectivity index (χ4v) is 3.65. The van der Waals surface area contributed by atoms with Crippen LogP contribution in [0.4, 0.5) is 0 Å². The summed E-state index contributed by atoms with van der Waals surface area (Å²) < 4.78 is 0. The van der Waals surface area contributed by atoms with E-state index in [-0.39, 0.29) is 11.9 Å². The second kappa shape index (κ2) is 5.78. The van der Waals surface area contributed by atoms with E-state index in [4.69, 9.17) is 0 Å². The van der Waals surface area contributed by atoms with Crippen LogP contribution >= 0.6 is 0 Å². The number of likely N-dealkylation sites (tertiary alicyclic amines) is 1. The molecular formula is C17H25N3O. The molecule has 4 heteroatoms. The summed E-state index contributed by atoms with van der Waals surface area (Å²) in [6.07, 6.45) is 2.40. The van der Waals surface area contributed by atoms with E-state index >= 15 is 0 Å². The molecule has 0 spiro atoms. The minimum Gasteiger partial charge on any atom is -0.338 e. The number of fused-ring (bicyclic) bond motifs is 2. The SMILES string of the molecule is Cc1cccc([C@@H](C(=O)N2C[C@H]3CC[C@@H](C2)N3)N(C)C)c1. The molecule has 3 rings (SSSR count). The van der Waals surface area contributed by atoms with E-state index in [9.17, 15) is 4.79 Å². The lowest BCUT2D eigenvalue weighted by molar-refractivity contribution is -0.137. The zero-order valence-electron chi connectivity index (χ0n) is 13.2. The van der Waals surface area contributed by atoms with E-state index in [1.807, 2.05) is 25.1 Å². The predicted molar refractivity (Wildman–Crippen MR) is 84.1 cm³/mol. The van der Waals surface area contributed by atoms with Crippen LogP contribution in [0, 0.1) is 6.92 Å². The second-order valence-corrected chi connectivity index (χ2v) is 6.66. The fourth-order valence-electron chi connectivity index (χ4n) is 3.65. The topological polar surface area (TPSA) is 35.6 Å². The van der Waals surface area contributed by atoms with Gasteiger partial charge in [0.2, 0.25) is 5.91 Å². The Hall–Kier alpha value is -1.39. The van der Waals surface area contributed by atoms with Crippen LogP contribution in [-0.4, -0.2) is 55.0 Å². The van der Waals surface area contributed by atoms with E-state index in [1.54, 1.807) is 0 Å². The highest BCUT2D eigenvalue weighted by Gasteiger charge is 2.37. The number of nitrogens with one attached hydrogen (secondary N) is 1. The molecule has 2 aliphatic rings. The first kappa shape index (κ1) is 14.5. The van der Waals surface area contributed by atoms with E-state index in [0.29, 0.717) is 12.1 Å². The average Bonchev–Trinajstić information content (AvgIpc) is 2.77. The summed E-state index contributed by atoms with van der Waals surface area (Å²) in [4.78, 5) is 17.1. The summed E-state index contributed by atoms with van der Waals surface area (Å²) in [6, 6.07) is 9.11. The molecule has 4 nitrogen and oxygen atoms in total. The second-order valence-electron chi connectivity index (χ2n) is 6.66. The molecule has 0 aromatic heterocycles. The summed E-state index contributed by atoms with van der Waals surface area (Å²) in [5.74, 6) is 0.240. The number of hydrogen-bond acceptors (Lipinski definition) is 3. The van der Waals surface area contributed by atoms with Crippen molar-refractivity contribution in [3.05, 3.63) is 35.4 Å². The first-order valence-electron chi connectivity index (χ1n) is 7.82. The molecule has 21 heavy (non-hydrogen) atoms. The Morgan fingerprint density at radius 3 is 2.52 bits per heavy atom. The lowest BCUT2D eigenvalue weighted by Crippen LogP contribution is -2.55. The number of rotatable bonds is 3. The summed E-state index contributed by atoms with van der Waals surface area (Å²) in [5.41, 5.74) is 2.29. The number of likely N-dealkylation sites (N-methyl/N-ethyl adjacent to an activating group) is 1. The average molecular weight is 287 g/mol. The molecule has 2 saturated heterocycles. The number of amides is 1. The minimum absolute atomic E-state index is 0.178. The molecule has 3 atom stereocenters. The molecule has 0 radical (unpaired) electrons. The molecule has 0 unspecified atom stereocenters. The van der Waals surface area contributed by atoms with Gasteiger partial charge in [-0.3, -0.25) is 9.69 Å². The largest absolute Gasteiger partial charge is 0.338 e. The first-order valence-corrected chi connectivity index (χ1v) is 7.82. The standard InChI is InChI=1S/C17H25N3O/c1-12-5-4-6-13(9-12)16(19(2)3)17(21)20-10-14-7-8-15(11-20)18-14/h4-6,9,14-16,18H,7-8,10-11H2,1-3H3/t14-,15+,16-/m0/s1. The van der Waals surface area contributed by atoms with Gasteiger partial charge >= 0.3 is 0 Å². The molecular weight excluding hydrogens is 262 g/mol. The van der Waals surface area contributed by atoms with Crippen molar-refractivity contribution in [2.24, 2.45) is 0 Å². The number of aryl methyl sites for hydroxylation is 1. The van der Waals surface area contributed by atoms with Gasteiger partial charge in [0.25, 0.3) is 0 Å². The third-order valence-corrected chi connectivity index (χ3v) is 4.64. The van der Waals surface area contributed by atoms with E-state index in [1.165, 1.54) is 18.4 Å².